The van der Waals surface area contributed by atoms with Gasteiger partial charge in [-0.1, -0.05) is 25.1 Å². The predicted octanol–water partition coefficient (Wildman–Crippen LogP) is 3.85. The van der Waals surface area contributed by atoms with Gasteiger partial charge in [-0.3, -0.25) is 4.98 Å². The van der Waals surface area contributed by atoms with Crippen LogP contribution in [0.25, 0.3) is 0 Å². The number of pyridine rings is 1. The largest absolute Gasteiger partial charge is 0.455 e. The van der Waals surface area contributed by atoms with E-state index in [2.05, 4.69) is 23.3 Å². The van der Waals surface area contributed by atoms with E-state index in [0.29, 0.717) is 6.04 Å². The molecule has 1 N–H and O–H groups in total. The van der Waals surface area contributed by atoms with Gasteiger partial charge in [-0.05, 0) is 38.6 Å². The number of ether oxygens (including phenoxy) is 1. The molecular formula is C16H20N2O. The zero-order valence-electron chi connectivity index (χ0n) is 11.7. The lowest BCUT2D eigenvalue weighted by Crippen LogP contribution is -2.15. The molecule has 0 bridgehead atoms. The van der Waals surface area contributed by atoms with Crippen LogP contribution in [0.5, 0.6) is 11.5 Å². The van der Waals surface area contributed by atoms with Crippen molar-refractivity contribution in [2.45, 2.75) is 26.3 Å². The third kappa shape index (κ3) is 3.12. The third-order valence-electron chi connectivity index (χ3n) is 3.23. The Morgan fingerprint density at radius 1 is 1.16 bits per heavy atom. The highest BCUT2D eigenvalue weighted by atomic mass is 16.5. The van der Waals surface area contributed by atoms with Gasteiger partial charge in [0.05, 0.1) is 5.69 Å². The number of nitrogens with zero attached hydrogens (tertiary/aromatic N) is 1. The molecule has 1 heterocycles. The van der Waals surface area contributed by atoms with Crippen LogP contribution in [0.15, 0.2) is 42.6 Å². The number of hydrogen-bond donors (Lipinski definition) is 1. The number of para-hydroxylation sites is 1. The summed E-state index contributed by atoms with van der Waals surface area (Å²) in [5.41, 5.74) is 2.07. The number of aromatic nitrogens is 1. The van der Waals surface area contributed by atoms with Gasteiger partial charge in [-0.2, -0.15) is 0 Å². The van der Waals surface area contributed by atoms with E-state index in [4.69, 9.17) is 4.74 Å². The van der Waals surface area contributed by atoms with Crippen LogP contribution in [0, 0.1) is 6.92 Å². The summed E-state index contributed by atoms with van der Waals surface area (Å²) in [5.74, 6) is 1.70. The maximum atomic E-state index is 6.02. The molecule has 0 spiro atoms. The summed E-state index contributed by atoms with van der Waals surface area (Å²) >= 11 is 0. The van der Waals surface area contributed by atoms with Crippen molar-refractivity contribution in [3.8, 4) is 11.5 Å². The van der Waals surface area contributed by atoms with Crippen LogP contribution in [-0.4, -0.2) is 12.0 Å². The second kappa shape index (κ2) is 6.34. The van der Waals surface area contributed by atoms with Crippen LogP contribution in [0.3, 0.4) is 0 Å². The molecule has 2 rings (SSSR count). The fraction of sp³-hybridized carbons (Fsp3) is 0.312. The van der Waals surface area contributed by atoms with Crippen molar-refractivity contribution in [3.63, 3.8) is 0 Å². The van der Waals surface area contributed by atoms with Gasteiger partial charge in [-0.15, -0.1) is 0 Å². The van der Waals surface area contributed by atoms with Crippen molar-refractivity contribution in [2.24, 2.45) is 0 Å². The first-order valence-corrected chi connectivity index (χ1v) is 6.62. The molecule has 3 nitrogen and oxygen atoms in total. The molecule has 100 valence electrons. The Bertz CT molecular complexity index is 536. The lowest BCUT2D eigenvalue weighted by atomic mass is 10.0. The topological polar surface area (TPSA) is 34.1 Å². The Labute approximate surface area is 114 Å². The molecule has 3 heteroatoms. The van der Waals surface area contributed by atoms with Crippen LogP contribution in [-0.2, 0) is 0 Å². The minimum absolute atomic E-state index is 0.299. The minimum Gasteiger partial charge on any atom is -0.455 e. The molecule has 0 aliphatic heterocycles. The highest BCUT2D eigenvalue weighted by Gasteiger charge is 2.13. The number of benzene rings is 1. The number of hydrogen-bond acceptors (Lipinski definition) is 3. The summed E-state index contributed by atoms with van der Waals surface area (Å²) in [5, 5.41) is 3.31. The van der Waals surface area contributed by atoms with Crippen LogP contribution in [0.4, 0.5) is 0 Å². The molecular weight excluding hydrogens is 236 g/mol. The highest BCUT2D eigenvalue weighted by molar-refractivity contribution is 5.40. The minimum atomic E-state index is 0.299. The molecule has 1 unspecified atom stereocenters. The summed E-state index contributed by atoms with van der Waals surface area (Å²) in [4.78, 5) is 4.25. The summed E-state index contributed by atoms with van der Waals surface area (Å²) in [6.45, 7) is 4.11. The summed E-state index contributed by atoms with van der Waals surface area (Å²) in [6.07, 6.45) is 2.79. The van der Waals surface area contributed by atoms with E-state index in [0.717, 1.165) is 23.6 Å². The van der Waals surface area contributed by atoms with Gasteiger partial charge in [0, 0.05) is 17.8 Å². The van der Waals surface area contributed by atoms with Gasteiger partial charge in [0.2, 0.25) is 0 Å². The summed E-state index contributed by atoms with van der Waals surface area (Å²) in [6, 6.07) is 12.3. The molecule has 1 aromatic carbocycles. The molecule has 1 aromatic heterocycles. The lowest BCUT2D eigenvalue weighted by molar-refractivity contribution is 0.453. The molecule has 0 saturated carbocycles. The van der Waals surface area contributed by atoms with E-state index in [1.54, 1.807) is 6.20 Å². The van der Waals surface area contributed by atoms with E-state index in [1.807, 2.05) is 44.3 Å². The Kier molecular flexibility index (Phi) is 4.53. The maximum absolute atomic E-state index is 6.02. The molecule has 1 atom stereocenters. The lowest BCUT2D eigenvalue weighted by Gasteiger charge is -2.19. The van der Waals surface area contributed by atoms with Gasteiger partial charge in [0.25, 0.3) is 0 Å². The monoisotopic (exact) mass is 256 g/mol. The number of aryl methyl sites for hydroxylation is 1. The molecule has 0 saturated heterocycles. The Morgan fingerprint density at radius 2 is 1.89 bits per heavy atom. The fourth-order valence-electron chi connectivity index (χ4n) is 2.14. The number of rotatable bonds is 5. The van der Waals surface area contributed by atoms with E-state index in [1.165, 1.54) is 5.56 Å². The normalized spacial score (nSPS) is 12.2. The van der Waals surface area contributed by atoms with Crippen molar-refractivity contribution in [2.75, 3.05) is 7.05 Å². The summed E-state index contributed by atoms with van der Waals surface area (Å²) < 4.78 is 6.02. The average molecular weight is 256 g/mol. The Hall–Kier alpha value is -1.87. The highest BCUT2D eigenvalue weighted by Crippen LogP contribution is 2.31. The molecule has 0 aliphatic carbocycles. The third-order valence-corrected chi connectivity index (χ3v) is 3.23. The zero-order valence-corrected chi connectivity index (χ0v) is 11.7. The Morgan fingerprint density at radius 3 is 2.58 bits per heavy atom. The molecule has 19 heavy (non-hydrogen) atoms. The molecule has 0 radical (unpaired) electrons. The van der Waals surface area contributed by atoms with Crippen LogP contribution < -0.4 is 10.1 Å². The van der Waals surface area contributed by atoms with Crippen molar-refractivity contribution in [1.82, 2.24) is 10.3 Å². The van der Waals surface area contributed by atoms with E-state index < -0.39 is 0 Å². The van der Waals surface area contributed by atoms with E-state index in [-0.39, 0.29) is 0 Å². The number of nitrogens with one attached hydrogen (secondary N) is 1. The molecule has 2 aromatic rings. The van der Waals surface area contributed by atoms with Crippen LogP contribution in [0.2, 0.25) is 0 Å². The van der Waals surface area contributed by atoms with Gasteiger partial charge in [0.1, 0.15) is 11.5 Å². The Balaban J connectivity index is 2.33. The molecule has 0 amide bonds. The second-order valence-corrected chi connectivity index (χ2v) is 4.48. The summed E-state index contributed by atoms with van der Waals surface area (Å²) in [7, 11) is 1.97. The standard InChI is InChI=1S/C16H20N2O/c1-4-14(17-3)13-8-5-6-9-16(13)19-15-10-7-11-18-12(15)2/h5-11,14,17H,4H2,1-3H3. The maximum Gasteiger partial charge on any atom is 0.148 e. The van der Waals surface area contributed by atoms with Crippen molar-refractivity contribution in [3.05, 3.63) is 53.9 Å². The smallest absolute Gasteiger partial charge is 0.148 e. The van der Waals surface area contributed by atoms with Gasteiger partial charge >= 0.3 is 0 Å². The quantitative estimate of drug-likeness (QED) is 0.882. The van der Waals surface area contributed by atoms with Gasteiger partial charge < -0.3 is 10.1 Å². The van der Waals surface area contributed by atoms with Crippen molar-refractivity contribution >= 4 is 0 Å². The first kappa shape index (κ1) is 13.6. The average Bonchev–Trinajstić information content (AvgIpc) is 2.44. The van der Waals surface area contributed by atoms with Crippen molar-refractivity contribution in [1.29, 1.82) is 0 Å². The fourth-order valence-corrected chi connectivity index (χ4v) is 2.14. The van der Waals surface area contributed by atoms with Crippen LogP contribution >= 0.6 is 0 Å². The molecule has 0 aliphatic rings. The van der Waals surface area contributed by atoms with Crippen molar-refractivity contribution < 1.29 is 4.74 Å². The zero-order chi connectivity index (χ0) is 13.7. The molecule has 0 fully saturated rings. The second-order valence-electron chi connectivity index (χ2n) is 4.48. The predicted molar refractivity (Wildman–Crippen MR) is 77.6 cm³/mol. The van der Waals surface area contributed by atoms with E-state index in [9.17, 15) is 0 Å². The first-order valence-electron chi connectivity index (χ1n) is 6.62. The SMILES string of the molecule is CCC(NC)c1ccccc1Oc1cccnc1C. The van der Waals surface area contributed by atoms with Crippen LogP contribution in [0.1, 0.15) is 30.6 Å². The first-order chi connectivity index (χ1) is 9.26. The van der Waals surface area contributed by atoms with Gasteiger partial charge in [-0.25, -0.2) is 0 Å². The van der Waals surface area contributed by atoms with E-state index >= 15 is 0 Å². The van der Waals surface area contributed by atoms with Gasteiger partial charge in [0.15, 0.2) is 0 Å².